The molecule has 0 spiro atoms. The molecule has 2 unspecified atom stereocenters. The molecule has 2 saturated heterocycles. The van der Waals surface area contributed by atoms with E-state index in [0.29, 0.717) is 6.61 Å². The minimum absolute atomic E-state index is 0.144. The normalized spacial score (nSPS) is 33.9. The number of nitrogens with one attached hydrogen (secondary N) is 2. The molecule has 0 aliphatic carbocycles. The first-order chi connectivity index (χ1) is 7.46. The third kappa shape index (κ3) is 2.59. The van der Waals surface area contributed by atoms with Gasteiger partial charge in [0.25, 0.3) is 0 Å². The molecule has 0 aromatic carbocycles. The van der Waals surface area contributed by atoms with Gasteiger partial charge in [-0.2, -0.15) is 0 Å². The van der Waals surface area contributed by atoms with Gasteiger partial charge in [0.2, 0.25) is 11.8 Å². The Kier molecular flexibility index (Phi) is 2.99. The highest BCUT2D eigenvalue weighted by atomic mass is 16.5. The van der Waals surface area contributed by atoms with Gasteiger partial charge >= 0.3 is 0 Å². The highest BCUT2D eigenvalue weighted by Crippen LogP contribution is 2.24. The Morgan fingerprint density at radius 1 is 1.44 bits per heavy atom. The van der Waals surface area contributed by atoms with Crippen LogP contribution in [0.1, 0.15) is 33.1 Å². The van der Waals surface area contributed by atoms with Crippen LogP contribution in [-0.4, -0.2) is 36.1 Å². The Bertz CT molecular complexity index is 314. The number of hydrogen-bond donors (Lipinski definition) is 2. The molecule has 0 aromatic heterocycles. The molecule has 2 rings (SSSR count). The summed E-state index contributed by atoms with van der Waals surface area (Å²) in [5.74, 6) is -0.386. The maximum absolute atomic E-state index is 11.4. The average molecular weight is 226 g/mol. The second-order valence-electron chi connectivity index (χ2n) is 5.13. The smallest absolute Gasteiger partial charge is 0.244 e. The monoisotopic (exact) mass is 226 g/mol. The van der Waals surface area contributed by atoms with Gasteiger partial charge in [-0.3, -0.25) is 14.9 Å². The first-order valence-corrected chi connectivity index (χ1v) is 5.70. The van der Waals surface area contributed by atoms with Crippen LogP contribution in [0.5, 0.6) is 0 Å². The number of hydrogen-bond acceptors (Lipinski definition) is 4. The lowest BCUT2D eigenvalue weighted by atomic mass is 9.93. The summed E-state index contributed by atoms with van der Waals surface area (Å²) in [5, 5.41) is 5.55. The molecule has 0 bridgehead atoms. The van der Waals surface area contributed by atoms with Crippen molar-refractivity contribution in [1.82, 2.24) is 10.6 Å². The quantitative estimate of drug-likeness (QED) is 0.648. The Hall–Kier alpha value is -0.940. The Morgan fingerprint density at radius 3 is 2.75 bits per heavy atom. The van der Waals surface area contributed by atoms with Gasteiger partial charge in [-0.05, 0) is 26.7 Å². The minimum Gasteiger partial charge on any atom is -0.375 e. The van der Waals surface area contributed by atoms with Crippen molar-refractivity contribution in [2.45, 2.75) is 50.8 Å². The number of amides is 2. The zero-order valence-electron chi connectivity index (χ0n) is 9.71. The molecule has 2 N–H and O–H groups in total. The van der Waals surface area contributed by atoms with E-state index >= 15 is 0 Å². The van der Waals surface area contributed by atoms with Gasteiger partial charge in [0.05, 0.1) is 18.1 Å². The lowest BCUT2D eigenvalue weighted by Gasteiger charge is -2.36. The van der Waals surface area contributed by atoms with E-state index in [9.17, 15) is 9.59 Å². The zero-order chi connectivity index (χ0) is 11.8. The third-order valence-corrected chi connectivity index (χ3v) is 3.10. The summed E-state index contributed by atoms with van der Waals surface area (Å²) in [5.41, 5.74) is -0.144. The van der Waals surface area contributed by atoms with Crippen LogP contribution in [0.2, 0.25) is 0 Å². The third-order valence-electron chi connectivity index (χ3n) is 3.10. The standard InChI is InChI=1S/C11H18N2O3/c1-11(2)6-7(3-4-16-11)12-8-5-9(14)13-10(8)15/h7-8,12H,3-6H2,1-2H3,(H,13,14,15). The van der Waals surface area contributed by atoms with Crippen molar-refractivity contribution in [2.24, 2.45) is 0 Å². The van der Waals surface area contributed by atoms with Crippen LogP contribution in [0.25, 0.3) is 0 Å². The van der Waals surface area contributed by atoms with Crippen LogP contribution < -0.4 is 10.6 Å². The van der Waals surface area contributed by atoms with E-state index < -0.39 is 0 Å². The summed E-state index contributed by atoms with van der Waals surface area (Å²) < 4.78 is 5.60. The first kappa shape index (κ1) is 11.5. The van der Waals surface area contributed by atoms with E-state index in [-0.39, 0.29) is 35.9 Å². The van der Waals surface area contributed by atoms with E-state index in [1.54, 1.807) is 0 Å². The fourth-order valence-corrected chi connectivity index (χ4v) is 2.35. The van der Waals surface area contributed by atoms with Crippen molar-refractivity contribution in [3.63, 3.8) is 0 Å². The van der Waals surface area contributed by atoms with Crippen molar-refractivity contribution in [3.05, 3.63) is 0 Å². The second-order valence-corrected chi connectivity index (χ2v) is 5.13. The SMILES string of the molecule is CC1(C)CC(NC2CC(=O)NC2=O)CCO1. The predicted molar refractivity (Wildman–Crippen MR) is 57.7 cm³/mol. The summed E-state index contributed by atoms with van der Waals surface area (Å²) in [6, 6.07) is -0.100. The highest BCUT2D eigenvalue weighted by Gasteiger charge is 2.35. The average Bonchev–Trinajstić information content (AvgIpc) is 2.43. The molecule has 2 aliphatic heterocycles. The van der Waals surface area contributed by atoms with Crippen molar-refractivity contribution in [3.8, 4) is 0 Å². The van der Waals surface area contributed by atoms with Gasteiger partial charge in [-0.25, -0.2) is 0 Å². The topological polar surface area (TPSA) is 67.4 Å². The molecule has 5 heteroatoms. The molecule has 2 fully saturated rings. The van der Waals surface area contributed by atoms with Gasteiger partial charge in [0.15, 0.2) is 0 Å². The van der Waals surface area contributed by atoms with E-state index in [1.165, 1.54) is 0 Å². The number of rotatable bonds is 2. The molecule has 0 radical (unpaired) electrons. The summed E-state index contributed by atoms with van der Waals surface area (Å²) in [6.45, 7) is 4.79. The van der Waals surface area contributed by atoms with Crippen LogP contribution >= 0.6 is 0 Å². The number of ether oxygens (including phenoxy) is 1. The van der Waals surface area contributed by atoms with E-state index in [0.717, 1.165) is 12.8 Å². The molecular weight excluding hydrogens is 208 g/mol. The number of carbonyl (C=O) groups excluding carboxylic acids is 2. The summed E-state index contributed by atoms with van der Waals surface area (Å²) in [4.78, 5) is 22.4. The van der Waals surface area contributed by atoms with E-state index in [1.807, 2.05) is 13.8 Å². The lowest BCUT2D eigenvalue weighted by Crippen LogP contribution is -2.49. The Labute approximate surface area is 94.9 Å². The first-order valence-electron chi connectivity index (χ1n) is 5.70. The molecule has 2 aliphatic rings. The predicted octanol–water partition coefficient (Wildman–Crippen LogP) is -0.0513. The highest BCUT2D eigenvalue weighted by molar-refractivity contribution is 6.05. The zero-order valence-corrected chi connectivity index (χ0v) is 9.71. The second kappa shape index (κ2) is 4.14. The summed E-state index contributed by atoms with van der Waals surface area (Å²) in [7, 11) is 0. The summed E-state index contributed by atoms with van der Waals surface area (Å²) in [6.07, 6.45) is 2.02. The van der Waals surface area contributed by atoms with Gasteiger partial charge < -0.3 is 10.1 Å². The summed E-state index contributed by atoms with van der Waals surface area (Å²) >= 11 is 0. The maximum Gasteiger partial charge on any atom is 0.244 e. The molecule has 0 saturated carbocycles. The van der Waals surface area contributed by atoms with Crippen molar-refractivity contribution in [1.29, 1.82) is 0 Å². The van der Waals surface area contributed by atoms with Crippen molar-refractivity contribution < 1.29 is 14.3 Å². The molecule has 2 heterocycles. The molecule has 2 amide bonds. The molecule has 90 valence electrons. The van der Waals surface area contributed by atoms with Gasteiger partial charge in [-0.15, -0.1) is 0 Å². The maximum atomic E-state index is 11.4. The fraction of sp³-hybridized carbons (Fsp3) is 0.818. The lowest BCUT2D eigenvalue weighted by molar-refractivity contribution is -0.125. The van der Waals surface area contributed by atoms with Crippen LogP contribution in [-0.2, 0) is 14.3 Å². The van der Waals surface area contributed by atoms with Gasteiger partial charge in [0.1, 0.15) is 0 Å². The van der Waals surface area contributed by atoms with Crippen LogP contribution in [0.4, 0.5) is 0 Å². The Morgan fingerprint density at radius 2 is 2.19 bits per heavy atom. The molecule has 5 nitrogen and oxygen atoms in total. The van der Waals surface area contributed by atoms with Crippen molar-refractivity contribution >= 4 is 11.8 Å². The van der Waals surface area contributed by atoms with Crippen LogP contribution in [0, 0.1) is 0 Å². The fourth-order valence-electron chi connectivity index (χ4n) is 2.35. The van der Waals surface area contributed by atoms with Crippen molar-refractivity contribution in [2.75, 3.05) is 6.61 Å². The van der Waals surface area contributed by atoms with E-state index in [2.05, 4.69) is 10.6 Å². The number of carbonyl (C=O) groups is 2. The minimum atomic E-state index is -0.355. The molecule has 0 aromatic rings. The van der Waals surface area contributed by atoms with Crippen LogP contribution in [0.3, 0.4) is 0 Å². The molecular formula is C11H18N2O3. The largest absolute Gasteiger partial charge is 0.375 e. The Balaban J connectivity index is 1.90. The van der Waals surface area contributed by atoms with E-state index in [4.69, 9.17) is 4.74 Å². The van der Waals surface area contributed by atoms with Gasteiger partial charge in [0, 0.05) is 12.6 Å². The molecule has 2 atom stereocenters. The van der Waals surface area contributed by atoms with Gasteiger partial charge in [-0.1, -0.05) is 0 Å². The number of imide groups is 1. The molecule has 16 heavy (non-hydrogen) atoms. The van der Waals surface area contributed by atoms with Crippen LogP contribution in [0.15, 0.2) is 0 Å².